The molecule has 0 radical (unpaired) electrons. The molecule has 1 saturated heterocycles. The van der Waals surface area contributed by atoms with Crippen molar-refractivity contribution in [2.45, 2.75) is 38.4 Å². The van der Waals surface area contributed by atoms with E-state index in [1.165, 1.54) is 14.2 Å². The normalized spacial score (nSPS) is 17.4. The number of anilines is 1. The molecule has 6 nitrogen and oxygen atoms in total. The second kappa shape index (κ2) is 10.1. The zero-order valence-electron chi connectivity index (χ0n) is 22.1. The Morgan fingerprint density at radius 3 is 2.13 bits per heavy atom. The van der Waals surface area contributed by atoms with E-state index in [1.807, 2.05) is 20.8 Å². The van der Waals surface area contributed by atoms with E-state index >= 15 is 0 Å². The van der Waals surface area contributed by atoms with Crippen LogP contribution in [0.25, 0.3) is 5.76 Å². The number of alkyl halides is 3. The number of benzene rings is 3. The van der Waals surface area contributed by atoms with Crippen molar-refractivity contribution in [2.75, 3.05) is 19.1 Å². The Bertz CT molecular complexity index is 1450. The summed E-state index contributed by atoms with van der Waals surface area (Å²) in [5.41, 5.74) is 0.0943. The minimum Gasteiger partial charge on any atom is -0.507 e. The number of ketones is 1. The first kappa shape index (κ1) is 27.8. The summed E-state index contributed by atoms with van der Waals surface area (Å²) in [6.45, 7) is 5.90. The van der Waals surface area contributed by atoms with Gasteiger partial charge in [0.05, 0.1) is 31.4 Å². The Hall–Kier alpha value is -4.27. The Morgan fingerprint density at radius 1 is 0.897 bits per heavy atom. The first-order valence-corrected chi connectivity index (χ1v) is 12.1. The Morgan fingerprint density at radius 2 is 1.56 bits per heavy atom. The van der Waals surface area contributed by atoms with E-state index in [-0.39, 0.29) is 16.7 Å². The van der Waals surface area contributed by atoms with Gasteiger partial charge in [0.1, 0.15) is 17.3 Å². The topological polar surface area (TPSA) is 76.1 Å². The average molecular weight is 540 g/mol. The van der Waals surface area contributed by atoms with Crippen molar-refractivity contribution in [3.05, 3.63) is 94.6 Å². The molecular weight excluding hydrogens is 511 g/mol. The van der Waals surface area contributed by atoms with Crippen LogP contribution in [-0.2, 0) is 21.2 Å². The van der Waals surface area contributed by atoms with Crippen LogP contribution in [0.1, 0.15) is 49.1 Å². The largest absolute Gasteiger partial charge is 0.507 e. The summed E-state index contributed by atoms with van der Waals surface area (Å²) in [6, 6.07) is 14.4. The van der Waals surface area contributed by atoms with Gasteiger partial charge in [-0.1, -0.05) is 32.9 Å². The van der Waals surface area contributed by atoms with E-state index in [2.05, 4.69) is 0 Å². The number of ether oxygens (including phenoxy) is 2. The quantitative estimate of drug-likeness (QED) is 0.223. The predicted molar refractivity (Wildman–Crippen MR) is 141 cm³/mol. The van der Waals surface area contributed by atoms with Crippen molar-refractivity contribution < 1.29 is 37.3 Å². The summed E-state index contributed by atoms with van der Waals surface area (Å²) < 4.78 is 50.4. The molecule has 1 aliphatic heterocycles. The summed E-state index contributed by atoms with van der Waals surface area (Å²) in [7, 11) is 2.99. The molecule has 1 N–H and O–H groups in total. The van der Waals surface area contributed by atoms with E-state index in [9.17, 15) is 27.9 Å². The number of nitrogens with zero attached hydrogens (tertiary/aromatic N) is 1. The molecule has 1 atom stereocenters. The van der Waals surface area contributed by atoms with Crippen molar-refractivity contribution in [2.24, 2.45) is 0 Å². The lowest BCUT2D eigenvalue weighted by molar-refractivity contribution is -0.137. The van der Waals surface area contributed by atoms with Crippen LogP contribution in [0.4, 0.5) is 18.9 Å². The monoisotopic (exact) mass is 539 g/mol. The van der Waals surface area contributed by atoms with Gasteiger partial charge in [0.15, 0.2) is 0 Å². The molecular formula is C30H28F3NO5. The van der Waals surface area contributed by atoms with E-state index in [1.54, 1.807) is 42.5 Å². The molecule has 4 rings (SSSR count). The van der Waals surface area contributed by atoms with Crippen LogP contribution in [-0.4, -0.2) is 31.0 Å². The third kappa shape index (κ3) is 5.21. The molecule has 204 valence electrons. The number of methoxy groups -OCH3 is 2. The van der Waals surface area contributed by atoms with Crippen LogP contribution in [0.15, 0.2) is 72.3 Å². The van der Waals surface area contributed by atoms with Crippen molar-refractivity contribution in [1.29, 1.82) is 0 Å². The molecule has 1 amide bonds. The molecule has 0 bridgehead atoms. The number of carbonyl (C=O) groups excluding carboxylic acids is 2. The molecule has 0 saturated carbocycles. The van der Waals surface area contributed by atoms with Crippen molar-refractivity contribution in [1.82, 2.24) is 0 Å². The predicted octanol–water partition coefficient (Wildman–Crippen LogP) is 6.65. The first-order valence-electron chi connectivity index (χ1n) is 12.1. The lowest BCUT2D eigenvalue weighted by Crippen LogP contribution is -2.29. The van der Waals surface area contributed by atoms with Gasteiger partial charge in [-0.2, -0.15) is 13.2 Å². The van der Waals surface area contributed by atoms with Crippen molar-refractivity contribution in [3.8, 4) is 11.5 Å². The number of halogens is 3. The van der Waals surface area contributed by atoms with E-state index in [0.717, 1.165) is 34.7 Å². The maximum atomic E-state index is 13.4. The molecule has 1 aliphatic rings. The van der Waals surface area contributed by atoms with Crippen molar-refractivity contribution in [3.63, 3.8) is 0 Å². The number of hydrogen-bond acceptors (Lipinski definition) is 5. The Labute approximate surface area is 224 Å². The number of amides is 1. The van der Waals surface area contributed by atoms with Gasteiger partial charge in [0.2, 0.25) is 0 Å². The number of aliphatic hydroxyl groups is 1. The second-order valence-electron chi connectivity index (χ2n) is 10.2. The summed E-state index contributed by atoms with van der Waals surface area (Å²) >= 11 is 0. The highest BCUT2D eigenvalue weighted by molar-refractivity contribution is 6.51. The van der Waals surface area contributed by atoms with E-state index in [4.69, 9.17) is 9.47 Å². The molecule has 3 aromatic rings. The highest BCUT2D eigenvalue weighted by atomic mass is 19.4. The fraction of sp³-hybridized carbons (Fsp3) is 0.267. The summed E-state index contributed by atoms with van der Waals surface area (Å²) in [4.78, 5) is 27.9. The molecule has 3 aromatic carbocycles. The maximum Gasteiger partial charge on any atom is 0.416 e. The maximum absolute atomic E-state index is 13.4. The lowest BCUT2D eigenvalue weighted by Gasteiger charge is -2.26. The Balaban J connectivity index is 1.95. The van der Waals surface area contributed by atoms with E-state index in [0.29, 0.717) is 22.6 Å². The van der Waals surface area contributed by atoms with Crippen LogP contribution in [0, 0.1) is 0 Å². The van der Waals surface area contributed by atoms with Crippen LogP contribution in [0.3, 0.4) is 0 Å². The number of aliphatic hydroxyl groups excluding tert-OH is 1. The molecule has 1 heterocycles. The third-order valence-electron chi connectivity index (χ3n) is 6.61. The zero-order valence-corrected chi connectivity index (χ0v) is 22.1. The van der Waals surface area contributed by atoms with Crippen LogP contribution >= 0.6 is 0 Å². The highest BCUT2D eigenvalue weighted by Gasteiger charge is 2.47. The first-order chi connectivity index (χ1) is 18.3. The van der Waals surface area contributed by atoms with Gasteiger partial charge >= 0.3 is 6.18 Å². The summed E-state index contributed by atoms with van der Waals surface area (Å²) in [5, 5.41) is 11.5. The third-order valence-corrected chi connectivity index (χ3v) is 6.61. The molecule has 1 fully saturated rings. The minimum absolute atomic E-state index is 0.0714. The van der Waals surface area contributed by atoms with Gasteiger partial charge < -0.3 is 14.6 Å². The number of hydrogen-bond donors (Lipinski definition) is 1. The lowest BCUT2D eigenvalue weighted by atomic mass is 9.84. The molecule has 0 aliphatic carbocycles. The second-order valence-corrected chi connectivity index (χ2v) is 10.2. The molecule has 0 aromatic heterocycles. The molecule has 9 heteroatoms. The Kier molecular flexibility index (Phi) is 7.21. The van der Waals surface area contributed by atoms with Crippen molar-refractivity contribution >= 4 is 23.1 Å². The summed E-state index contributed by atoms with van der Waals surface area (Å²) in [6.07, 6.45) is -4.57. The van der Waals surface area contributed by atoms with Crippen LogP contribution < -0.4 is 14.4 Å². The highest BCUT2D eigenvalue weighted by Crippen LogP contribution is 2.44. The van der Waals surface area contributed by atoms with Gasteiger partial charge in [-0.15, -0.1) is 0 Å². The fourth-order valence-corrected chi connectivity index (χ4v) is 4.63. The smallest absolute Gasteiger partial charge is 0.416 e. The van der Waals surface area contributed by atoms with Gasteiger partial charge in [-0.05, 0) is 65.6 Å². The standard InChI is InChI=1S/C30H28F3NO5/c1-29(2,3)22-16-18(9-14-23(22)39-5)26(35)24-25(17-7-6-8-21(15-17)38-4)34(28(37)27(24)36)20-12-10-19(11-13-20)30(31,32)33/h6-16,25,35H,1-5H3/b26-24-. The van der Waals surface area contributed by atoms with Gasteiger partial charge in [-0.3, -0.25) is 14.5 Å². The molecule has 39 heavy (non-hydrogen) atoms. The molecule has 1 unspecified atom stereocenters. The number of rotatable bonds is 5. The van der Waals surface area contributed by atoms with Gasteiger partial charge in [0.25, 0.3) is 11.7 Å². The van der Waals surface area contributed by atoms with Gasteiger partial charge in [-0.25, -0.2) is 0 Å². The van der Waals surface area contributed by atoms with Gasteiger partial charge in [0, 0.05) is 16.8 Å². The average Bonchev–Trinajstić information content (AvgIpc) is 3.17. The fourth-order valence-electron chi connectivity index (χ4n) is 4.63. The molecule has 0 spiro atoms. The zero-order chi connectivity index (χ0) is 28.7. The number of Topliss-reactive ketones (excluding diaryl/α,β-unsaturated/α-hetero) is 1. The number of carbonyl (C=O) groups is 2. The summed E-state index contributed by atoms with van der Waals surface area (Å²) in [5.74, 6) is -1.33. The SMILES string of the molecule is COc1cccc(C2/C(=C(/O)c3ccc(OC)c(C(C)(C)C)c3)C(=O)C(=O)N2c2ccc(C(F)(F)F)cc2)c1. The van der Waals surface area contributed by atoms with E-state index < -0.39 is 35.2 Å². The van der Waals surface area contributed by atoms with Crippen LogP contribution in [0.2, 0.25) is 0 Å². The van der Waals surface area contributed by atoms with Crippen LogP contribution in [0.5, 0.6) is 11.5 Å². The minimum atomic E-state index is -4.57.